The molecule has 1 aliphatic rings. The largest absolute Gasteiger partial charge is 0.416 e. The zero-order chi connectivity index (χ0) is 40.5. The Labute approximate surface area is 305 Å². The first-order chi connectivity index (χ1) is 26.1. The molecule has 2 heterocycles. The molecule has 284 valence electrons. The number of halogens is 12. The van der Waals surface area contributed by atoms with Gasteiger partial charge in [0.05, 0.1) is 45.0 Å². The van der Waals surface area contributed by atoms with Crippen molar-refractivity contribution in [2.45, 2.75) is 24.7 Å². The van der Waals surface area contributed by atoms with Gasteiger partial charge in [-0.25, -0.2) is 19.9 Å². The van der Waals surface area contributed by atoms with Gasteiger partial charge in [0.1, 0.15) is 22.8 Å². The molecule has 56 heavy (non-hydrogen) atoms. The Morgan fingerprint density at radius 3 is 0.571 bits per heavy atom. The molecule has 0 radical (unpaired) electrons. The predicted molar refractivity (Wildman–Crippen MR) is 173 cm³/mol. The molecule has 6 nitrogen and oxygen atoms in total. The van der Waals surface area contributed by atoms with Crippen LogP contribution in [0.15, 0.2) is 97.1 Å². The number of fused-ring (bicyclic) bond motifs is 2. The fourth-order valence-electron chi connectivity index (χ4n) is 5.80. The number of ketones is 2. The highest BCUT2D eigenvalue weighted by Crippen LogP contribution is 2.40. The summed E-state index contributed by atoms with van der Waals surface area (Å²) in [4.78, 5) is 45.3. The third-order valence-corrected chi connectivity index (χ3v) is 8.59. The number of hydrogen-bond acceptors (Lipinski definition) is 6. The van der Waals surface area contributed by atoms with Crippen LogP contribution in [0.3, 0.4) is 0 Å². The zero-order valence-electron chi connectivity index (χ0n) is 27.4. The van der Waals surface area contributed by atoms with Crippen molar-refractivity contribution in [1.29, 1.82) is 0 Å². The van der Waals surface area contributed by atoms with Gasteiger partial charge in [0.2, 0.25) is 11.6 Å². The summed E-state index contributed by atoms with van der Waals surface area (Å²) in [5.41, 5.74) is -8.71. The number of alkyl halides is 12. The Morgan fingerprint density at radius 1 is 0.268 bits per heavy atom. The van der Waals surface area contributed by atoms with Gasteiger partial charge in [-0.05, 0) is 48.5 Å². The maximum Gasteiger partial charge on any atom is 0.416 e. The minimum absolute atomic E-state index is 0.0941. The molecule has 2 aromatic heterocycles. The number of nitrogens with zero attached hydrogens (tertiary/aromatic N) is 4. The quantitative estimate of drug-likeness (QED) is 0.165. The molecule has 0 N–H and O–H groups in total. The molecule has 0 saturated heterocycles. The molecule has 0 unspecified atom stereocenters. The molecule has 0 aliphatic heterocycles. The van der Waals surface area contributed by atoms with E-state index in [1.807, 2.05) is 0 Å². The van der Waals surface area contributed by atoms with Crippen LogP contribution >= 0.6 is 0 Å². The van der Waals surface area contributed by atoms with E-state index in [2.05, 4.69) is 19.9 Å². The summed E-state index contributed by atoms with van der Waals surface area (Å²) in [5, 5.41) is 0. The predicted octanol–water partition coefficient (Wildman–Crippen LogP) is 10.8. The zero-order valence-corrected chi connectivity index (χ0v) is 27.4. The van der Waals surface area contributed by atoms with Crippen molar-refractivity contribution in [1.82, 2.24) is 19.9 Å². The Bertz CT molecular complexity index is 2170. The smallest absolute Gasteiger partial charge is 0.285 e. The van der Waals surface area contributed by atoms with Crippen LogP contribution in [0.4, 0.5) is 52.7 Å². The van der Waals surface area contributed by atoms with Crippen molar-refractivity contribution < 1.29 is 62.3 Å². The Kier molecular flexibility index (Phi) is 8.85. The molecular weight excluding hydrogens is 772 g/mol. The lowest BCUT2D eigenvalue weighted by Crippen LogP contribution is -2.27. The van der Waals surface area contributed by atoms with Gasteiger partial charge < -0.3 is 0 Å². The molecular formula is C38H16F12N4O2. The second kappa shape index (κ2) is 13.1. The van der Waals surface area contributed by atoms with Crippen LogP contribution < -0.4 is 0 Å². The van der Waals surface area contributed by atoms with Gasteiger partial charge in [-0.15, -0.1) is 0 Å². The lowest BCUT2D eigenvalue weighted by molar-refractivity contribution is -0.138. The van der Waals surface area contributed by atoms with E-state index in [4.69, 9.17) is 0 Å². The summed E-state index contributed by atoms with van der Waals surface area (Å²) in [6.07, 6.45) is -19.0. The Morgan fingerprint density at radius 2 is 0.429 bits per heavy atom. The molecule has 0 amide bonds. The molecule has 7 rings (SSSR count). The number of carbonyl (C=O) groups excluding carboxylic acids is 2. The van der Waals surface area contributed by atoms with E-state index in [0.717, 1.165) is 48.5 Å². The molecule has 0 bridgehead atoms. The highest BCUT2D eigenvalue weighted by molar-refractivity contribution is 6.26. The van der Waals surface area contributed by atoms with Crippen LogP contribution in [0, 0.1) is 0 Å². The SMILES string of the molecule is O=C1c2nc(-c3ccc(C(F)(F)F)cc3)c(-c3ccc(C(F)(F)F)cc3)nc2C(=O)c2nc(-c3ccc(C(F)(F)F)cc3)c(-c3ccc(C(F)(F)F)cc3)nc21. The first-order valence-electron chi connectivity index (χ1n) is 15.8. The average molecular weight is 789 g/mol. The van der Waals surface area contributed by atoms with Gasteiger partial charge in [-0.3, -0.25) is 9.59 Å². The monoisotopic (exact) mass is 788 g/mol. The van der Waals surface area contributed by atoms with Crippen LogP contribution in [0.1, 0.15) is 54.6 Å². The first-order valence-corrected chi connectivity index (χ1v) is 15.8. The van der Waals surface area contributed by atoms with E-state index in [-0.39, 0.29) is 45.0 Å². The van der Waals surface area contributed by atoms with E-state index in [9.17, 15) is 62.3 Å². The van der Waals surface area contributed by atoms with Gasteiger partial charge in [0.25, 0.3) is 0 Å². The summed E-state index contributed by atoms with van der Waals surface area (Å²) in [6.45, 7) is 0. The average Bonchev–Trinajstić information content (AvgIpc) is 3.15. The molecule has 0 spiro atoms. The standard InChI is InChI=1S/C38H16F12N4O2/c39-35(40,41)21-9-1-17(2-10-21)25-26(18-3-11-22(12-4-18)36(42,43)44)52-30-29(51-25)33(55)31-32(34(30)56)54-28(20-7-15-24(16-8-20)38(48,49)50)27(53-31)19-5-13-23(14-6-19)37(45,46)47/h1-16H. The molecule has 0 atom stereocenters. The molecule has 1 aliphatic carbocycles. The van der Waals surface area contributed by atoms with E-state index in [0.29, 0.717) is 48.5 Å². The lowest BCUT2D eigenvalue weighted by atomic mass is 9.93. The second-order valence-electron chi connectivity index (χ2n) is 12.2. The number of aromatic nitrogens is 4. The maximum atomic E-state index is 14.1. The lowest BCUT2D eigenvalue weighted by Gasteiger charge is -2.20. The summed E-state index contributed by atoms with van der Waals surface area (Å²) in [7, 11) is 0. The second-order valence-corrected chi connectivity index (χ2v) is 12.2. The number of hydrogen-bond donors (Lipinski definition) is 0. The minimum Gasteiger partial charge on any atom is -0.285 e. The van der Waals surface area contributed by atoms with Crippen molar-refractivity contribution in [2.24, 2.45) is 0 Å². The molecule has 18 heteroatoms. The molecule has 4 aromatic carbocycles. The summed E-state index contributed by atoms with van der Waals surface area (Å²) in [6, 6.07) is 13.2. The van der Waals surface area contributed by atoms with Crippen LogP contribution in [-0.4, -0.2) is 31.5 Å². The van der Waals surface area contributed by atoms with Crippen LogP contribution in [-0.2, 0) is 24.7 Å². The fourth-order valence-corrected chi connectivity index (χ4v) is 5.80. The molecule has 0 fully saturated rings. The van der Waals surface area contributed by atoms with Gasteiger partial charge in [0, 0.05) is 22.3 Å². The van der Waals surface area contributed by atoms with E-state index < -0.39 is 81.3 Å². The van der Waals surface area contributed by atoms with Gasteiger partial charge in [-0.2, -0.15) is 52.7 Å². The Hall–Kier alpha value is -6.46. The minimum atomic E-state index is -4.76. The van der Waals surface area contributed by atoms with Crippen LogP contribution in [0.5, 0.6) is 0 Å². The normalized spacial score (nSPS) is 13.4. The van der Waals surface area contributed by atoms with Crippen LogP contribution in [0.2, 0.25) is 0 Å². The molecule has 6 aromatic rings. The number of rotatable bonds is 4. The van der Waals surface area contributed by atoms with Crippen LogP contribution in [0.25, 0.3) is 45.0 Å². The highest BCUT2D eigenvalue weighted by atomic mass is 19.4. The number of benzene rings is 4. The van der Waals surface area contributed by atoms with Crippen molar-refractivity contribution >= 4 is 11.6 Å². The third-order valence-electron chi connectivity index (χ3n) is 8.59. The van der Waals surface area contributed by atoms with E-state index in [1.54, 1.807) is 0 Å². The van der Waals surface area contributed by atoms with Crippen molar-refractivity contribution in [3.8, 4) is 45.0 Å². The topological polar surface area (TPSA) is 85.7 Å². The summed E-state index contributed by atoms with van der Waals surface area (Å²) in [5.74, 6) is -2.26. The molecule has 0 saturated carbocycles. The first kappa shape index (κ1) is 37.8. The maximum absolute atomic E-state index is 14.1. The third kappa shape index (κ3) is 6.97. The highest BCUT2D eigenvalue weighted by Gasteiger charge is 2.39. The number of carbonyl (C=O) groups is 2. The van der Waals surface area contributed by atoms with Crippen molar-refractivity contribution in [2.75, 3.05) is 0 Å². The van der Waals surface area contributed by atoms with E-state index >= 15 is 0 Å². The van der Waals surface area contributed by atoms with Gasteiger partial charge in [-0.1, -0.05) is 48.5 Å². The summed E-state index contributed by atoms with van der Waals surface area (Å²) >= 11 is 0. The van der Waals surface area contributed by atoms with E-state index in [1.165, 1.54) is 0 Å². The van der Waals surface area contributed by atoms with Crippen molar-refractivity contribution in [3.63, 3.8) is 0 Å². The van der Waals surface area contributed by atoms with Crippen molar-refractivity contribution in [3.05, 3.63) is 142 Å². The van der Waals surface area contributed by atoms with Gasteiger partial charge >= 0.3 is 24.7 Å². The summed E-state index contributed by atoms with van der Waals surface area (Å²) < 4.78 is 161. The Balaban J connectivity index is 1.43. The fraction of sp³-hybridized carbons (Fsp3) is 0.105. The van der Waals surface area contributed by atoms with Gasteiger partial charge in [0.15, 0.2) is 0 Å².